The smallest absolute Gasteiger partial charge is 0.274 e. The van der Waals surface area contributed by atoms with Gasteiger partial charge in [0.05, 0.1) is 17.5 Å². The molecular weight excluding hydrogens is 404 g/mol. The van der Waals surface area contributed by atoms with Gasteiger partial charge in [-0.25, -0.2) is 0 Å². The Hall–Kier alpha value is -4.59. The summed E-state index contributed by atoms with van der Waals surface area (Å²) in [7, 11) is 0. The first kappa shape index (κ1) is 19.4. The van der Waals surface area contributed by atoms with Crippen molar-refractivity contribution < 1.29 is 9.21 Å². The van der Waals surface area contributed by atoms with Gasteiger partial charge in [-0.3, -0.25) is 9.78 Å². The van der Waals surface area contributed by atoms with Crippen LogP contribution in [-0.2, 0) is 4.79 Å². The minimum Gasteiger partial charge on any atom is -0.465 e. The molecule has 1 amide bonds. The van der Waals surface area contributed by atoms with E-state index in [1.807, 2.05) is 67.6 Å². The molecule has 3 aromatic heterocycles. The lowest BCUT2D eigenvalue weighted by atomic mass is 10.1. The van der Waals surface area contributed by atoms with Crippen molar-refractivity contribution in [3.05, 3.63) is 90.5 Å². The normalized spacial score (nSPS) is 11.6. The van der Waals surface area contributed by atoms with Crippen LogP contribution in [0.3, 0.4) is 0 Å². The number of rotatable bonds is 5. The van der Waals surface area contributed by atoms with Gasteiger partial charge < -0.3 is 9.73 Å². The number of carbonyl (C=O) groups is 1. The maximum Gasteiger partial charge on any atom is 0.274 e. The highest BCUT2D eigenvalue weighted by atomic mass is 16.3. The number of furan rings is 1. The summed E-state index contributed by atoms with van der Waals surface area (Å²) in [6.07, 6.45) is 3.14. The lowest BCUT2D eigenvalue weighted by Gasteiger charge is -2.12. The fraction of sp³-hybridized carbons (Fsp3) is 0.0417. The van der Waals surface area contributed by atoms with Crippen LogP contribution in [0.2, 0.25) is 0 Å². The first-order valence-electron chi connectivity index (χ1n) is 9.96. The third-order valence-electron chi connectivity index (χ3n) is 4.89. The van der Waals surface area contributed by atoms with Gasteiger partial charge in [0.1, 0.15) is 11.5 Å². The van der Waals surface area contributed by atoms with E-state index < -0.39 is 5.91 Å². The Morgan fingerprint density at radius 1 is 1.00 bits per heavy atom. The van der Waals surface area contributed by atoms with Crippen molar-refractivity contribution in [1.29, 1.82) is 0 Å². The van der Waals surface area contributed by atoms with Crippen LogP contribution in [0.25, 0.3) is 34.1 Å². The summed E-state index contributed by atoms with van der Waals surface area (Å²) in [5.41, 5.74) is 3.14. The predicted octanol–water partition coefficient (Wildman–Crippen LogP) is 4.43. The van der Waals surface area contributed by atoms with Gasteiger partial charge in [0.2, 0.25) is 0 Å². The molecular formula is C24H18N6O2. The molecule has 0 atom stereocenters. The Labute approximate surface area is 183 Å². The van der Waals surface area contributed by atoms with Gasteiger partial charge in [-0.2, -0.15) is 4.68 Å². The third-order valence-corrected chi connectivity index (χ3v) is 4.89. The first-order chi connectivity index (χ1) is 15.7. The molecule has 32 heavy (non-hydrogen) atoms. The third kappa shape index (κ3) is 3.77. The molecule has 0 radical (unpaired) electrons. The van der Waals surface area contributed by atoms with Gasteiger partial charge in [-0.15, -0.1) is 5.10 Å². The van der Waals surface area contributed by atoms with Gasteiger partial charge in [0.25, 0.3) is 5.91 Å². The summed E-state index contributed by atoms with van der Waals surface area (Å²) in [6, 6.07) is 22.5. The zero-order valence-corrected chi connectivity index (χ0v) is 17.1. The second kappa shape index (κ2) is 8.27. The number of nitrogens with zero attached hydrogens (tertiary/aromatic N) is 5. The summed E-state index contributed by atoms with van der Waals surface area (Å²) < 4.78 is 6.84. The molecule has 0 aliphatic rings. The number of pyridine rings is 1. The summed E-state index contributed by atoms with van der Waals surface area (Å²) in [5, 5.41) is 15.9. The lowest BCUT2D eigenvalue weighted by Crippen LogP contribution is -2.19. The van der Waals surface area contributed by atoms with Crippen molar-refractivity contribution >= 4 is 34.3 Å². The molecule has 0 aliphatic carbocycles. The number of aromatic nitrogens is 5. The number of fused-ring (bicyclic) bond motifs is 1. The second-order valence-electron chi connectivity index (χ2n) is 7.11. The van der Waals surface area contributed by atoms with Gasteiger partial charge in [0.15, 0.2) is 5.82 Å². The molecule has 0 fully saturated rings. The van der Waals surface area contributed by atoms with Crippen molar-refractivity contribution in [1.82, 2.24) is 25.2 Å². The Morgan fingerprint density at radius 3 is 2.69 bits per heavy atom. The van der Waals surface area contributed by atoms with Crippen LogP contribution in [0.15, 0.2) is 83.5 Å². The zero-order chi connectivity index (χ0) is 21.9. The minimum atomic E-state index is -0.401. The van der Waals surface area contributed by atoms with Crippen molar-refractivity contribution in [2.45, 2.75) is 6.92 Å². The number of aryl methyl sites for hydroxylation is 1. The largest absolute Gasteiger partial charge is 0.465 e. The number of amides is 1. The van der Waals surface area contributed by atoms with Gasteiger partial charge in [-0.1, -0.05) is 48.5 Å². The van der Waals surface area contributed by atoms with E-state index in [-0.39, 0.29) is 5.70 Å². The molecule has 0 unspecified atom stereocenters. The van der Waals surface area contributed by atoms with Crippen LogP contribution in [0.4, 0.5) is 5.69 Å². The fourth-order valence-corrected chi connectivity index (χ4v) is 3.38. The van der Waals surface area contributed by atoms with E-state index in [1.54, 1.807) is 18.2 Å². The van der Waals surface area contributed by atoms with Crippen molar-refractivity contribution in [3.8, 4) is 11.4 Å². The van der Waals surface area contributed by atoms with Crippen LogP contribution >= 0.6 is 0 Å². The van der Waals surface area contributed by atoms with Crippen molar-refractivity contribution in [3.63, 3.8) is 0 Å². The Bertz CT molecular complexity index is 1420. The number of carbonyl (C=O) groups excluding carboxylic acids is 1. The van der Waals surface area contributed by atoms with Crippen molar-refractivity contribution in [2.24, 2.45) is 0 Å². The van der Waals surface area contributed by atoms with Crippen LogP contribution in [0.5, 0.6) is 0 Å². The average Bonchev–Trinajstić information content (AvgIpc) is 3.50. The van der Waals surface area contributed by atoms with Gasteiger partial charge in [-0.05, 0) is 41.6 Å². The molecule has 5 aromatic rings. The molecule has 8 nitrogen and oxygen atoms in total. The first-order valence-corrected chi connectivity index (χ1v) is 9.96. The number of hydrogen-bond acceptors (Lipinski definition) is 6. The van der Waals surface area contributed by atoms with E-state index in [1.165, 1.54) is 10.9 Å². The number of para-hydroxylation sites is 1. The topological polar surface area (TPSA) is 98.7 Å². The quantitative estimate of drug-likeness (QED) is 0.421. The van der Waals surface area contributed by atoms with E-state index in [9.17, 15) is 4.79 Å². The highest BCUT2D eigenvalue weighted by Crippen LogP contribution is 2.25. The summed E-state index contributed by atoms with van der Waals surface area (Å²) in [6.45, 7) is 1.91. The Kier molecular flexibility index (Phi) is 5.01. The molecule has 2 aromatic carbocycles. The molecule has 0 aliphatic heterocycles. The summed E-state index contributed by atoms with van der Waals surface area (Å²) in [5.74, 6) is 0.531. The van der Waals surface area contributed by atoms with E-state index in [4.69, 9.17) is 4.42 Å². The second-order valence-corrected chi connectivity index (χ2v) is 7.11. The maximum absolute atomic E-state index is 13.5. The molecule has 0 spiro atoms. The Morgan fingerprint density at radius 2 is 1.88 bits per heavy atom. The van der Waals surface area contributed by atoms with Crippen LogP contribution in [0, 0.1) is 6.92 Å². The van der Waals surface area contributed by atoms with Gasteiger partial charge >= 0.3 is 0 Å². The van der Waals surface area contributed by atoms with E-state index in [0.29, 0.717) is 22.8 Å². The number of anilines is 1. The molecule has 5 rings (SSSR count). The number of hydrogen-bond donors (Lipinski definition) is 1. The lowest BCUT2D eigenvalue weighted by molar-refractivity contribution is -0.111. The SMILES string of the molecule is Cc1ccc2cccc(NC(=O)/C(=C/c3ccco3)n3nnnc3-c3ccccc3)c2n1. The van der Waals surface area contributed by atoms with E-state index >= 15 is 0 Å². The molecule has 0 saturated carbocycles. The van der Waals surface area contributed by atoms with E-state index in [2.05, 4.69) is 25.8 Å². The van der Waals surface area contributed by atoms with Crippen molar-refractivity contribution in [2.75, 3.05) is 5.32 Å². The average molecular weight is 422 g/mol. The highest BCUT2D eigenvalue weighted by Gasteiger charge is 2.21. The Balaban J connectivity index is 1.59. The molecule has 0 saturated heterocycles. The highest BCUT2D eigenvalue weighted by molar-refractivity contribution is 6.25. The molecule has 8 heteroatoms. The van der Waals surface area contributed by atoms with E-state index in [0.717, 1.165) is 16.6 Å². The summed E-state index contributed by atoms with van der Waals surface area (Å²) >= 11 is 0. The standard InChI is InChI=1S/C24H18N6O2/c1-16-12-13-17-9-5-11-20(22(17)25-16)26-24(31)21(15-19-10-6-14-32-19)30-23(27-28-29-30)18-7-3-2-4-8-18/h2-15H,1H3,(H,26,31)/b21-15-. The maximum atomic E-state index is 13.5. The van der Waals surface area contributed by atoms with Crippen LogP contribution in [0.1, 0.15) is 11.5 Å². The van der Waals surface area contributed by atoms with Crippen LogP contribution in [-0.4, -0.2) is 31.1 Å². The monoisotopic (exact) mass is 422 g/mol. The van der Waals surface area contributed by atoms with Crippen LogP contribution < -0.4 is 5.32 Å². The molecule has 0 bridgehead atoms. The molecule has 3 heterocycles. The molecule has 156 valence electrons. The zero-order valence-electron chi connectivity index (χ0n) is 17.1. The fourth-order valence-electron chi connectivity index (χ4n) is 3.38. The minimum absolute atomic E-state index is 0.202. The summed E-state index contributed by atoms with van der Waals surface area (Å²) in [4.78, 5) is 18.1. The number of benzene rings is 2. The molecule has 1 N–H and O–H groups in total. The number of nitrogens with one attached hydrogen (secondary N) is 1. The predicted molar refractivity (Wildman–Crippen MR) is 121 cm³/mol. The number of tetrazole rings is 1. The van der Waals surface area contributed by atoms with Gasteiger partial charge in [0, 0.05) is 22.7 Å².